The van der Waals surface area contributed by atoms with E-state index in [1.165, 1.54) is 12.1 Å². The molecule has 0 unspecified atom stereocenters. The van der Waals surface area contributed by atoms with Crippen molar-refractivity contribution in [3.63, 3.8) is 0 Å². The highest BCUT2D eigenvalue weighted by molar-refractivity contribution is 5.96. The molecule has 8 nitrogen and oxygen atoms in total. The number of rotatable bonds is 6. The van der Waals surface area contributed by atoms with Gasteiger partial charge in [0.05, 0.1) is 4.92 Å². The second-order valence-electron chi connectivity index (χ2n) is 4.36. The molecule has 0 atom stereocenters. The SMILES string of the molecule is CC(C)NC(=O)c1ccc(NCC(=O)O)c([N+](=O)[O-])c1. The molecule has 1 rings (SSSR count). The molecule has 0 saturated carbocycles. The zero-order valence-electron chi connectivity index (χ0n) is 11.0. The zero-order chi connectivity index (χ0) is 15.3. The van der Waals surface area contributed by atoms with Gasteiger partial charge in [-0.05, 0) is 26.0 Å². The number of hydrogen-bond acceptors (Lipinski definition) is 5. The lowest BCUT2D eigenvalue weighted by atomic mass is 10.1. The van der Waals surface area contributed by atoms with E-state index in [0.29, 0.717) is 0 Å². The van der Waals surface area contributed by atoms with E-state index < -0.39 is 23.3 Å². The Bertz CT molecular complexity index is 542. The molecule has 0 heterocycles. The normalized spacial score (nSPS) is 10.2. The first-order valence-electron chi connectivity index (χ1n) is 5.86. The smallest absolute Gasteiger partial charge is 0.322 e. The standard InChI is InChI=1S/C12H15N3O5/c1-7(2)14-12(18)8-3-4-9(13-6-11(16)17)10(5-8)15(19)20/h3-5,7,13H,6H2,1-2H3,(H,14,18)(H,16,17). The number of aliphatic carboxylic acids is 1. The summed E-state index contributed by atoms with van der Waals surface area (Å²) in [5, 5.41) is 24.5. The second-order valence-corrected chi connectivity index (χ2v) is 4.36. The minimum Gasteiger partial charge on any atom is -0.480 e. The minimum absolute atomic E-state index is 0.0542. The maximum atomic E-state index is 11.8. The second kappa shape index (κ2) is 6.50. The number of carbonyl (C=O) groups is 2. The van der Waals surface area contributed by atoms with E-state index in [9.17, 15) is 19.7 Å². The van der Waals surface area contributed by atoms with Gasteiger partial charge in [0, 0.05) is 17.7 Å². The van der Waals surface area contributed by atoms with E-state index in [1.54, 1.807) is 13.8 Å². The van der Waals surface area contributed by atoms with Crippen LogP contribution in [0, 0.1) is 10.1 Å². The molecule has 0 aromatic heterocycles. The van der Waals surface area contributed by atoms with E-state index >= 15 is 0 Å². The van der Waals surface area contributed by atoms with Crippen molar-refractivity contribution in [2.75, 3.05) is 11.9 Å². The summed E-state index contributed by atoms with van der Waals surface area (Å²) in [6.07, 6.45) is 0. The number of anilines is 1. The third kappa shape index (κ3) is 4.23. The molecular formula is C12H15N3O5. The monoisotopic (exact) mass is 281 g/mol. The number of nitrogens with one attached hydrogen (secondary N) is 2. The van der Waals surface area contributed by atoms with Gasteiger partial charge >= 0.3 is 5.97 Å². The molecule has 8 heteroatoms. The lowest BCUT2D eigenvalue weighted by molar-refractivity contribution is -0.384. The fraction of sp³-hybridized carbons (Fsp3) is 0.333. The van der Waals surface area contributed by atoms with Crippen molar-refractivity contribution in [3.05, 3.63) is 33.9 Å². The summed E-state index contributed by atoms with van der Waals surface area (Å²) in [5.74, 6) is -1.56. The van der Waals surface area contributed by atoms with Crippen molar-refractivity contribution >= 4 is 23.3 Å². The number of amides is 1. The lowest BCUT2D eigenvalue weighted by Gasteiger charge is -2.10. The molecular weight excluding hydrogens is 266 g/mol. The largest absolute Gasteiger partial charge is 0.480 e. The van der Waals surface area contributed by atoms with Crippen LogP contribution < -0.4 is 10.6 Å². The summed E-state index contributed by atoms with van der Waals surface area (Å²) in [7, 11) is 0. The van der Waals surface area contributed by atoms with Gasteiger partial charge in [-0.15, -0.1) is 0 Å². The molecule has 0 bridgehead atoms. The quantitative estimate of drug-likeness (QED) is 0.532. The fourth-order valence-electron chi connectivity index (χ4n) is 1.49. The first-order valence-corrected chi connectivity index (χ1v) is 5.86. The maximum absolute atomic E-state index is 11.8. The van der Waals surface area contributed by atoms with Crippen molar-refractivity contribution in [1.82, 2.24) is 5.32 Å². The topological polar surface area (TPSA) is 122 Å². The van der Waals surface area contributed by atoms with E-state index in [-0.39, 0.29) is 23.0 Å². The number of nitro benzene ring substituents is 1. The summed E-state index contributed by atoms with van der Waals surface area (Å²) in [4.78, 5) is 32.5. The molecule has 108 valence electrons. The van der Waals surface area contributed by atoms with Crippen molar-refractivity contribution in [3.8, 4) is 0 Å². The van der Waals surface area contributed by atoms with Crippen molar-refractivity contribution in [1.29, 1.82) is 0 Å². The molecule has 1 aromatic carbocycles. The van der Waals surface area contributed by atoms with Gasteiger partial charge in [-0.25, -0.2) is 0 Å². The van der Waals surface area contributed by atoms with Gasteiger partial charge in [0.2, 0.25) is 0 Å². The van der Waals surface area contributed by atoms with Gasteiger partial charge < -0.3 is 15.7 Å². The molecule has 20 heavy (non-hydrogen) atoms. The highest BCUT2D eigenvalue weighted by Gasteiger charge is 2.18. The van der Waals surface area contributed by atoms with Gasteiger partial charge in [0.1, 0.15) is 12.2 Å². The third-order valence-electron chi connectivity index (χ3n) is 2.31. The summed E-state index contributed by atoms with van der Waals surface area (Å²) in [6.45, 7) is 3.10. The third-order valence-corrected chi connectivity index (χ3v) is 2.31. The molecule has 1 aromatic rings. The van der Waals surface area contributed by atoms with Crippen molar-refractivity contribution in [2.24, 2.45) is 0 Å². The molecule has 0 radical (unpaired) electrons. The van der Waals surface area contributed by atoms with Crippen LogP contribution in [0.5, 0.6) is 0 Å². The Morgan fingerprint density at radius 2 is 2.05 bits per heavy atom. The Balaban J connectivity index is 3.03. The van der Waals surface area contributed by atoms with Crippen LogP contribution in [0.15, 0.2) is 18.2 Å². The first kappa shape index (κ1) is 15.4. The van der Waals surface area contributed by atoms with Crippen LogP contribution >= 0.6 is 0 Å². The molecule has 0 aliphatic rings. The summed E-state index contributed by atoms with van der Waals surface area (Å²) < 4.78 is 0. The Hall–Kier alpha value is -2.64. The average Bonchev–Trinajstić information content (AvgIpc) is 2.35. The predicted molar refractivity (Wildman–Crippen MR) is 71.8 cm³/mol. The first-order chi connectivity index (χ1) is 9.31. The van der Waals surface area contributed by atoms with Crippen LogP contribution in [0.2, 0.25) is 0 Å². The van der Waals surface area contributed by atoms with Crippen molar-refractivity contribution < 1.29 is 19.6 Å². The van der Waals surface area contributed by atoms with Crippen LogP contribution in [0.3, 0.4) is 0 Å². The summed E-state index contributed by atoms with van der Waals surface area (Å²) >= 11 is 0. The highest BCUT2D eigenvalue weighted by atomic mass is 16.6. The zero-order valence-corrected chi connectivity index (χ0v) is 11.0. The van der Waals surface area contributed by atoms with Crippen LogP contribution in [-0.4, -0.2) is 34.5 Å². The van der Waals surface area contributed by atoms with Gasteiger partial charge in [-0.1, -0.05) is 0 Å². The molecule has 0 aliphatic heterocycles. The molecule has 0 aliphatic carbocycles. The maximum Gasteiger partial charge on any atom is 0.322 e. The number of carbonyl (C=O) groups excluding carboxylic acids is 1. The number of nitrogens with zero attached hydrogens (tertiary/aromatic N) is 1. The van der Waals surface area contributed by atoms with E-state index in [2.05, 4.69) is 10.6 Å². The van der Waals surface area contributed by atoms with Crippen molar-refractivity contribution in [2.45, 2.75) is 19.9 Å². The summed E-state index contributed by atoms with van der Waals surface area (Å²) in [6, 6.07) is 3.74. The minimum atomic E-state index is -1.14. The van der Waals surface area contributed by atoms with Crippen LogP contribution in [0.25, 0.3) is 0 Å². The molecule has 3 N–H and O–H groups in total. The van der Waals surface area contributed by atoms with Gasteiger partial charge in [0.25, 0.3) is 11.6 Å². The van der Waals surface area contributed by atoms with Gasteiger partial charge in [0.15, 0.2) is 0 Å². The number of benzene rings is 1. The van der Waals surface area contributed by atoms with Crippen LogP contribution in [0.1, 0.15) is 24.2 Å². The molecule has 0 fully saturated rings. The van der Waals surface area contributed by atoms with Crippen LogP contribution in [0.4, 0.5) is 11.4 Å². The Kier molecular flexibility index (Phi) is 5.01. The number of carboxylic acid groups (broad SMARTS) is 1. The predicted octanol–water partition coefficient (Wildman–Crippen LogP) is 1.23. The summed E-state index contributed by atoms with van der Waals surface area (Å²) in [5.41, 5.74) is -0.146. The number of nitro groups is 1. The molecule has 1 amide bonds. The highest BCUT2D eigenvalue weighted by Crippen LogP contribution is 2.25. The van der Waals surface area contributed by atoms with Crippen LogP contribution in [-0.2, 0) is 4.79 Å². The average molecular weight is 281 g/mol. The fourth-order valence-corrected chi connectivity index (χ4v) is 1.49. The van der Waals surface area contributed by atoms with Gasteiger partial charge in [-0.2, -0.15) is 0 Å². The number of carboxylic acids is 1. The molecule has 0 spiro atoms. The van der Waals surface area contributed by atoms with E-state index in [4.69, 9.17) is 5.11 Å². The Morgan fingerprint density at radius 1 is 1.40 bits per heavy atom. The van der Waals surface area contributed by atoms with E-state index in [0.717, 1.165) is 6.07 Å². The molecule has 0 saturated heterocycles. The Morgan fingerprint density at radius 3 is 2.55 bits per heavy atom. The van der Waals surface area contributed by atoms with E-state index in [1.807, 2.05) is 0 Å². The number of hydrogen-bond donors (Lipinski definition) is 3. The Labute approximate surface area is 114 Å². The lowest BCUT2D eigenvalue weighted by Crippen LogP contribution is -2.30. The van der Waals surface area contributed by atoms with Gasteiger partial charge in [-0.3, -0.25) is 19.7 Å².